The Kier molecular flexibility index (Phi) is 5.30. The van der Waals surface area contributed by atoms with Crippen LogP contribution in [-0.4, -0.2) is 56.1 Å². The highest BCUT2D eigenvalue weighted by atomic mass is 31.2. The van der Waals surface area contributed by atoms with Crippen LogP contribution in [0.15, 0.2) is 12.7 Å². The van der Waals surface area contributed by atoms with Crippen LogP contribution in [0.4, 0.5) is 5.82 Å². The van der Waals surface area contributed by atoms with Crippen molar-refractivity contribution in [2.24, 2.45) is 0 Å². The lowest BCUT2D eigenvalue weighted by Gasteiger charge is -2.16. The number of nitrogen functional groups attached to an aromatic ring is 1. The van der Waals surface area contributed by atoms with E-state index in [0.29, 0.717) is 17.7 Å². The maximum atomic E-state index is 11.8. The lowest BCUT2D eigenvalue weighted by atomic mass is 10.4. The van der Waals surface area contributed by atoms with E-state index in [1.807, 2.05) is 0 Å². The minimum Gasteiger partial charge on any atom is -0.469 e. The van der Waals surface area contributed by atoms with Gasteiger partial charge in [0.1, 0.15) is 24.4 Å². The molecule has 10 nitrogen and oxygen atoms in total. The largest absolute Gasteiger partial charge is 0.469 e. The zero-order chi connectivity index (χ0) is 17.0. The summed E-state index contributed by atoms with van der Waals surface area (Å²) in [6, 6.07) is 0. The number of imidazole rings is 1. The second-order valence-electron chi connectivity index (χ2n) is 5.01. The van der Waals surface area contributed by atoms with E-state index >= 15 is 0 Å². The second kappa shape index (κ2) is 7.03. The van der Waals surface area contributed by atoms with Crippen LogP contribution >= 0.6 is 7.37 Å². The SMILES string of the molecule is COC(=O)CP(=O)(O)CO[C@H](C)Cn1cnc2c(N)ncnc21. The Balaban J connectivity index is 1.96. The fourth-order valence-electron chi connectivity index (χ4n) is 1.92. The second-order valence-corrected chi connectivity index (χ2v) is 7.28. The van der Waals surface area contributed by atoms with E-state index in [9.17, 15) is 14.3 Å². The maximum absolute atomic E-state index is 11.8. The number of ether oxygens (including phenoxy) is 2. The molecule has 126 valence electrons. The molecule has 0 bridgehead atoms. The van der Waals surface area contributed by atoms with Gasteiger partial charge in [0, 0.05) is 0 Å². The molecule has 0 fully saturated rings. The van der Waals surface area contributed by atoms with Crippen molar-refractivity contribution in [3.05, 3.63) is 12.7 Å². The maximum Gasteiger partial charge on any atom is 0.315 e. The predicted octanol–water partition coefficient (Wildman–Crippen LogP) is 0.214. The highest BCUT2D eigenvalue weighted by Gasteiger charge is 2.25. The zero-order valence-corrected chi connectivity index (χ0v) is 13.6. The van der Waals surface area contributed by atoms with Crippen LogP contribution in [0, 0.1) is 0 Å². The van der Waals surface area contributed by atoms with Gasteiger partial charge in [-0.1, -0.05) is 0 Å². The summed E-state index contributed by atoms with van der Waals surface area (Å²) in [6.45, 7) is 2.08. The number of nitrogens with two attached hydrogens (primary N) is 1. The molecular formula is C12H18N5O5P. The fraction of sp³-hybridized carbons (Fsp3) is 0.500. The first-order chi connectivity index (χ1) is 10.8. The van der Waals surface area contributed by atoms with Gasteiger partial charge in [-0.15, -0.1) is 0 Å². The van der Waals surface area contributed by atoms with Crippen LogP contribution in [0.2, 0.25) is 0 Å². The van der Waals surface area contributed by atoms with Crippen molar-refractivity contribution < 1.29 is 23.7 Å². The summed E-state index contributed by atoms with van der Waals surface area (Å²) in [4.78, 5) is 32.8. The van der Waals surface area contributed by atoms with Crippen molar-refractivity contribution in [3.63, 3.8) is 0 Å². The van der Waals surface area contributed by atoms with Crippen LogP contribution < -0.4 is 5.73 Å². The van der Waals surface area contributed by atoms with Crippen molar-refractivity contribution in [1.29, 1.82) is 0 Å². The van der Waals surface area contributed by atoms with Gasteiger partial charge >= 0.3 is 5.97 Å². The Labute approximate surface area is 132 Å². The number of methoxy groups -OCH3 is 1. The van der Waals surface area contributed by atoms with Gasteiger partial charge in [-0.3, -0.25) is 9.36 Å². The molecule has 0 aromatic carbocycles. The number of esters is 1. The minimum absolute atomic E-state index is 0.278. The van der Waals surface area contributed by atoms with Gasteiger partial charge in [0.05, 0.1) is 26.1 Å². The van der Waals surface area contributed by atoms with E-state index in [0.717, 1.165) is 7.11 Å². The number of aromatic nitrogens is 4. The van der Waals surface area contributed by atoms with Crippen LogP contribution in [0.5, 0.6) is 0 Å². The molecule has 2 aromatic heterocycles. The molecule has 0 saturated carbocycles. The molecule has 0 radical (unpaired) electrons. The van der Waals surface area contributed by atoms with Crippen LogP contribution in [-0.2, 0) is 25.4 Å². The first-order valence-electron chi connectivity index (χ1n) is 6.73. The van der Waals surface area contributed by atoms with Gasteiger partial charge in [-0.2, -0.15) is 0 Å². The normalized spacial score (nSPS) is 15.3. The van der Waals surface area contributed by atoms with Crippen LogP contribution in [0.1, 0.15) is 6.92 Å². The smallest absolute Gasteiger partial charge is 0.315 e. The highest BCUT2D eigenvalue weighted by Crippen LogP contribution is 2.40. The molecule has 0 amide bonds. The monoisotopic (exact) mass is 343 g/mol. The number of carbonyl (C=O) groups is 1. The van der Waals surface area contributed by atoms with E-state index in [2.05, 4.69) is 19.7 Å². The van der Waals surface area contributed by atoms with E-state index in [1.54, 1.807) is 17.8 Å². The standard InChI is InChI=1S/C12H18N5O5P/c1-8(22-7-23(19,20)4-9(18)21-2)3-17-6-16-10-11(13)14-5-15-12(10)17/h5-6,8H,3-4,7H2,1-2H3,(H,19,20)(H2,13,14,15)/t8-/m1/s1. The molecule has 0 saturated heterocycles. The molecule has 11 heteroatoms. The quantitative estimate of drug-likeness (QED) is 0.533. The summed E-state index contributed by atoms with van der Waals surface area (Å²) in [5.41, 5.74) is 6.74. The molecule has 0 aliphatic rings. The third kappa shape index (κ3) is 4.47. The summed E-state index contributed by atoms with van der Waals surface area (Å²) < 4.78 is 23.3. The molecule has 0 spiro atoms. The van der Waals surface area contributed by atoms with Crippen LogP contribution in [0.3, 0.4) is 0 Å². The van der Waals surface area contributed by atoms with Gasteiger partial charge in [0.2, 0.25) is 7.37 Å². The number of nitrogens with zero attached hydrogens (tertiary/aromatic N) is 4. The van der Waals surface area contributed by atoms with Gasteiger partial charge in [-0.25, -0.2) is 15.0 Å². The van der Waals surface area contributed by atoms with Gasteiger partial charge < -0.3 is 24.7 Å². The zero-order valence-electron chi connectivity index (χ0n) is 12.7. The molecule has 2 aromatic rings. The number of hydrogen-bond acceptors (Lipinski definition) is 8. The van der Waals surface area contributed by atoms with Crippen molar-refractivity contribution in [3.8, 4) is 0 Å². The molecule has 3 N–H and O–H groups in total. The van der Waals surface area contributed by atoms with Gasteiger partial charge in [0.25, 0.3) is 0 Å². The van der Waals surface area contributed by atoms with Crippen molar-refractivity contribution in [2.75, 3.05) is 25.4 Å². The first-order valence-corrected chi connectivity index (χ1v) is 8.76. The van der Waals surface area contributed by atoms with E-state index in [4.69, 9.17) is 10.5 Å². The predicted molar refractivity (Wildman–Crippen MR) is 81.9 cm³/mol. The summed E-state index contributed by atoms with van der Waals surface area (Å²) in [7, 11) is -2.58. The average Bonchev–Trinajstić information content (AvgIpc) is 2.89. The summed E-state index contributed by atoms with van der Waals surface area (Å²) in [5.74, 6) is -0.472. The molecule has 2 rings (SSSR count). The molecular weight excluding hydrogens is 325 g/mol. The summed E-state index contributed by atoms with van der Waals surface area (Å²) >= 11 is 0. The van der Waals surface area contributed by atoms with Crippen molar-refractivity contribution in [2.45, 2.75) is 19.6 Å². The third-order valence-corrected chi connectivity index (χ3v) is 4.35. The Bertz CT molecular complexity index is 749. The molecule has 2 heterocycles. The van der Waals surface area contributed by atoms with E-state index < -0.39 is 32.0 Å². The van der Waals surface area contributed by atoms with Gasteiger partial charge in [0.15, 0.2) is 11.5 Å². The first kappa shape index (κ1) is 17.3. The molecule has 1 unspecified atom stereocenters. The summed E-state index contributed by atoms with van der Waals surface area (Å²) in [5, 5.41) is 0. The molecule has 2 atom stereocenters. The highest BCUT2D eigenvalue weighted by molar-refractivity contribution is 7.58. The molecule has 0 aliphatic heterocycles. The number of hydrogen-bond donors (Lipinski definition) is 2. The van der Waals surface area contributed by atoms with Gasteiger partial charge in [-0.05, 0) is 6.92 Å². The number of carbonyl (C=O) groups excluding carboxylic acids is 1. The Morgan fingerprint density at radius 1 is 1.48 bits per heavy atom. The Morgan fingerprint density at radius 3 is 2.91 bits per heavy atom. The Morgan fingerprint density at radius 2 is 2.22 bits per heavy atom. The van der Waals surface area contributed by atoms with E-state index in [1.165, 1.54) is 6.33 Å². The Hall–Kier alpha value is -2.03. The summed E-state index contributed by atoms with van der Waals surface area (Å²) in [6.07, 6.45) is 1.46. The lowest BCUT2D eigenvalue weighted by Crippen LogP contribution is -2.19. The van der Waals surface area contributed by atoms with Crippen molar-refractivity contribution in [1.82, 2.24) is 19.5 Å². The average molecular weight is 343 g/mol. The molecule has 23 heavy (non-hydrogen) atoms. The lowest BCUT2D eigenvalue weighted by molar-refractivity contribution is -0.137. The van der Waals surface area contributed by atoms with Crippen LogP contribution in [0.25, 0.3) is 11.2 Å². The van der Waals surface area contributed by atoms with E-state index in [-0.39, 0.29) is 5.82 Å². The molecule has 0 aliphatic carbocycles. The number of rotatable bonds is 7. The number of anilines is 1. The third-order valence-electron chi connectivity index (χ3n) is 3.05. The number of fused-ring (bicyclic) bond motifs is 1. The topological polar surface area (TPSA) is 142 Å². The fourth-order valence-corrected chi connectivity index (χ4v) is 3.03. The van der Waals surface area contributed by atoms with Crippen molar-refractivity contribution >= 4 is 30.3 Å². The minimum atomic E-state index is -3.73.